The largest absolute Gasteiger partial charge is 0.481 e. The first-order valence-electron chi connectivity index (χ1n) is 6.88. The fourth-order valence-corrected chi connectivity index (χ4v) is 1.95. The normalized spacial score (nSPS) is 13.3. The molecule has 120 valence electrons. The van der Waals surface area contributed by atoms with E-state index in [0.717, 1.165) is 0 Å². The molecule has 1 aromatic heterocycles. The van der Waals surface area contributed by atoms with Crippen LogP contribution in [0.2, 0.25) is 0 Å². The minimum absolute atomic E-state index is 0.0772. The van der Waals surface area contributed by atoms with Gasteiger partial charge in [0, 0.05) is 7.11 Å². The summed E-state index contributed by atoms with van der Waals surface area (Å²) in [7, 11) is 1.59. The number of hydrogen-bond acceptors (Lipinski definition) is 6. The minimum Gasteiger partial charge on any atom is -0.481 e. The van der Waals surface area contributed by atoms with Gasteiger partial charge < -0.3 is 14.6 Å². The quantitative estimate of drug-likeness (QED) is 0.678. The molecule has 0 aliphatic carbocycles. The van der Waals surface area contributed by atoms with E-state index in [1.54, 1.807) is 7.11 Å². The number of carbonyl (C=O) groups is 1. The number of carboxylic acid groups (broad SMARTS) is 1. The zero-order chi connectivity index (χ0) is 15.9. The summed E-state index contributed by atoms with van der Waals surface area (Å²) in [5.41, 5.74) is -0.0772. The predicted molar refractivity (Wildman–Crippen MR) is 74.5 cm³/mol. The van der Waals surface area contributed by atoms with Crippen LogP contribution in [0.5, 0.6) is 0 Å². The van der Waals surface area contributed by atoms with Crippen LogP contribution < -0.4 is 0 Å². The van der Waals surface area contributed by atoms with Gasteiger partial charge in [0.1, 0.15) is 6.61 Å². The first kappa shape index (κ1) is 17.5. The van der Waals surface area contributed by atoms with Gasteiger partial charge in [-0.05, 0) is 22.3 Å². The van der Waals surface area contributed by atoms with Crippen LogP contribution in [-0.2, 0) is 27.4 Å². The molecule has 0 radical (unpaired) electrons. The van der Waals surface area contributed by atoms with E-state index in [4.69, 9.17) is 9.47 Å². The average Bonchev–Trinajstić information content (AvgIpc) is 2.79. The Hall–Kier alpha value is -1.54. The Morgan fingerprint density at radius 3 is 2.67 bits per heavy atom. The number of tetrazole rings is 1. The molecule has 0 aromatic carbocycles. The topological polar surface area (TPSA) is 99.4 Å². The number of aliphatic carboxylic acids is 1. The first-order valence-corrected chi connectivity index (χ1v) is 6.88. The molecule has 1 aromatic rings. The highest BCUT2D eigenvalue weighted by atomic mass is 16.5. The van der Waals surface area contributed by atoms with Crippen molar-refractivity contribution in [1.82, 2.24) is 20.2 Å². The van der Waals surface area contributed by atoms with Gasteiger partial charge in [-0.2, -0.15) is 0 Å². The number of carboxylic acids is 1. The van der Waals surface area contributed by atoms with Gasteiger partial charge in [-0.3, -0.25) is 4.79 Å². The van der Waals surface area contributed by atoms with Crippen molar-refractivity contribution in [3.63, 3.8) is 0 Å². The predicted octanol–water partition coefficient (Wildman–Crippen LogP) is 0.973. The standard InChI is InChI=1S/C13H24N4O4/c1-13(2,3)7-10(12(18)19)8-17-11(14-15-16-17)9-21-6-5-20-4/h10H,5-9H2,1-4H3,(H,18,19). The Labute approximate surface area is 124 Å². The number of methoxy groups -OCH3 is 1. The second-order valence-corrected chi connectivity index (χ2v) is 6.12. The summed E-state index contributed by atoms with van der Waals surface area (Å²) in [5, 5.41) is 20.6. The van der Waals surface area contributed by atoms with E-state index >= 15 is 0 Å². The summed E-state index contributed by atoms with van der Waals surface area (Å²) in [6, 6.07) is 0. The molecule has 21 heavy (non-hydrogen) atoms. The Morgan fingerprint density at radius 1 is 1.38 bits per heavy atom. The zero-order valence-corrected chi connectivity index (χ0v) is 13.1. The van der Waals surface area contributed by atoms with Crippen LogP contribution in [0.25, 0.3) is 0 Å². The number of ether oxygens (including phenoxy) is 2. The fourth-order valence-electron chi connectivity index (χ4n) is 1.95. The van der Waals surface area contributed by atoms with Gasteiger partial charge in [-0.1, -0.05) is 20.8 Å². The second kappa shape index (κ2) is 8.04. The highest BCUT2D eigenvalue weighted by molar-refractivity contribution is 5.69. The molecular weight excluding hydrogens is 276 g/mol. The molecule has 0 saturated carbocycles. The Bertz CT molecular complexity index is 442. The van der Waals surface area contributed by atoms with E-state index in [1.807, 2.05) is 20.8 Å². The van der Waals surface area contributed by atoms with Gasteiger partial charge in [0.05, 0.1) is 25.7 Å². The van der Waals surface area contributed by atoms with Crippen molar-refractivity contribution in [2.75, 3.05) is 20.3 Å². The molecule has 8 nitrogen and oxygen atoms in total. The van der Waals surface area contributed by atoms with E-state index < -0.39 is 11.9 Å². The summed E-state index contributed by atoms with van der Waals surface area (Å²) in [6.45, 7) is 7.43. The molecule has 0 saturated heterocycles. The SMILES string of the molecule is COCCOCc1nnnn1CC(CC(C)(C)C)C(=O)O. The molecule has 0 spiro atoms. The molecule has 1 heterocycles. The maximum atomic E-state index is 11.4. The van der Waals surface area contributed by atoms with Crippen molar-refractivity contribution in [1.29, 1.82) is 0 Å². The zero-order valence-electron chi connectivity index (χ0n) is 13.1. The summed E-state index contributed by atoms with van der Waals surface area (Å²) in [6.07, 6.45) is 0.548. The Balaban J connectivity index is 2.63. The fraction of sp³-hybridized carbons (Fsp3) is 0.846. The third-order valence-electron chi connectivity index (χ3n) is 2.87. The van der Waals surface area contributed by atoms with Gasteiger partial charge in [0.15, 0.2) is 5.82 Å². The Kier molecular flexibility index (Phi) is 6.70. The molecule has 0 amide bonds. The maximum absolute atomic E-state index is 11.4. The molecule has 1 atom stereocenters. The molecular formula is C13H24N4O4. The van der Waals surface area contributed by atoms with Crippen LogP contribution >= 0.6 is 0 Å². The van der Waals surface area contributed by atoms with E-state index in [0.29, 0.717) is 25.5 Å². The van der Waals surface area contributed by atoms with E-state index in [2.05, 4.69) is 15.5 Å². The lowest BCUT2D eigenvalue weighted by atomic mass is 9.84. The van der Waals surface area contributed by atoms with Crippen molar-refractivity contribution < 1.29 is 19.4 Å². The second-order valence-electron chi connectivity index (χ2n) is 6.12. The molecule has 0 aliphatic rings. The van der Waals surface area contributed by atoms with Crippen LogP contribution in [-0.4, -0.2) is 51.6 Å². The van der Waals surface area contributed by atoms with Gasteiger partial charge in [-0.25, -0.2) is 4.68 Å². The van der Waals surface area contributed by atoms with Crippen molar-refractivity contribution in [3.8, 4) is 0 Å². The first-order chi connectivity index (χ1) is 9.83. The van der Waals surface area contributed by atoms with E-state index in [1.165, 1.54) is 4.68 Å². The minimum atomic E-state index is -0.841. The van der Waals surface area contributed by atoms with E-state index in [-0.39, 0.29) is 18.6 Å². The average molecular weight is 300 g/mol. The highest BCUT2D eigenvalue weighted by Crippen LogP contribution is 2.25. The molecule has 0 fully saturated rings. The Morgan fingerprint density at radius 2 is 2.10 bits per heavy atom. The summed E-state index contributed by atoms with van der Waals surface area (Å²) in [5.74, 6) is -0.857. The van der Waals surface area contributed by atoms with Crippen LogP contribution in [0.4, 0.5) is 0 Å². The number of hydrogen-bond donors (Lipinski definition) is 1. The number of rotatable bonds is 9. The van der Waals surface area contributed by atoms with Crippen molar-refractivity contribution in [2.45, 2.75) is 40.3 Å². The van der Waals surface area contributed by atoms with Crippen LogP contribution in [0.1, 0.15) is 33.0 Å². The lowest BCUT2D eigenvalue weighted by Gasteiger charge is -2.23. The third kappa shape index (κ3) is 6.63. The van der Waals surface area contributed by atoms with Crippen molar-refractivity contribution in [3.05, 3.63) is 5.82 Å². The monoisotopic (exact) mass is 300 g/mol. The smallest absolute Gasteiger partial charge is 0.308 e. The molecule has 1 unspecified atom stereocenters. The van der Waals surface area contributed by atoms with Crippen LogP contribution in [0, 0.1) is 11.3 Å². The third-order valence-corrected chi connectivity index (χ3v) is 2.87. The summed E-state index contributed by atoms with van der Waals surface area (Å²) < 4.78 is 11.7. The molecule has 1 rings (SSSR count). The molecule has 8 heteroatoms. The highest BCUT2D eigenvalue weighted by Gasteiger charge is 2.26. The molecule has 0 aliphatic heterocycles. The van der Waals surface area contributed by atoms with Gasteiger partial charge in [0.2, 0.25) is 0 Å². The summed E-state index contributed by atoms with van der Waals surface area (Å²) in [4.78, 5) is 11.4. The number of nitrogens with zero attached hydrogens (tertiary/aromatic N) is 4. The van der Waals surface area contributed by atoms with Gasteiger partial charge in [-0.15, -0.1) is 5.10 Å². The molecule has 1 N–H and O–H groups in total. The molecule has 0 bridgehead atoms. The lowest BCUT2D eigenvalue weighted by Crippen LogP contribution is -2.26. The van der Waals surface area contributed by atoms with Gasteiger partial charge >= 0.3 is 5.97 Å². The van der Waals surface area contributed by atoms with Crippen LogP contribution in [0.15, 0.2) is 0 Å². The maximum Gasteiger partial charge on any atom is 0.308 e. The van der Waals surface area contributed by atoms with Gasteiger partial charge in [0.25, 0.3) is 0 Å². The van der Waals surface area contributed by atoms with Crippen LogP contribution in [0.3, 0.4) is 0 Å². The summed E-state index contributed by atoms with van der Waals surface area (Å²) >= 11 is 0. The van der Waals surface area contributed by atoms with E-state index in [9.17, 15) is 9.90 Å². The lowest BCUT2D eigenvalue weighted by molar-refractivity contribution is -0.143. The number of aromatic nitrogens is 4. The van der Waals surface area contributed by atoms with Crippen molar-refractivity contribution >= 4 is 5.97 Å². The van der Waals surface area contributed by atoms with Crippen molar-refractivity contribution in [2.24, 2.45) is 11.3 Å².